The largest absolute Gasteiger partial charge is 0.272 e. The summed E-state index contributed by atoms with van der Waals surface area (Å²) in [6, 6.07) is 6.94. The van der Waals surface area contributed by atoms with Crippen LogP contribution < -0.4 is 4.31 Å². The summed E-state index contributed by atoms with van der Waals surface area (Å²) < 4.78 is 24.8. The van der Waals surface area contributed by atoms with Gasteiger partial charge in [0.2, 0.25) is 0 Å². The molecule has 7 heteroatoms. The highest BCUT2D eigenvalue weighted by Gasteiger charge is 2.61. The van der Waals surface area contributed by atoms with E-state index in [1.165, 1.54) is 13.8 Å². The molecule has 0 atom stereocenters. The smallest absolute Gasteiger partial charge is 0.263 e. The maximum Gasteiger partial charge on any atom is 0.263 e. The number of pyridine rings is 1. The minimum absolute atomic E-state index is 0.305. The van der Waals surface area contributed by atoms with Gasteiger partial charge in [0.05, 0.1) is 11.2 Å². The molecule has 1 amide bonds. The van der Waals surface area contributed by atoms with Crippen molar-refractivity contribution in [2.24, 2.45) is 0 Å². The first-order chi connectivity index (χ1) is 9.26. The summed E-state index contributed by atoms with van der Waals surface area (Å²) in [5, 5.41) is 0.768. The molecular formula is C13H11BrN2O3S. The third-order valence-corrected chi connectivity index (χ3v) is 6.20. The molecule has 3 rings (SSSR count). The molecule has 0 radical (unpaired) electrons. The lowest BCUT2D eigenvalue weighted by atomic mass is 10.1. The van der Waals surface area contributed by atoms with Crippen molar-refractivity contribution in [1.82, 2.24) is 4.98 Å². The molecule has 104 valence electrons. The van der Waals surface area contributed by atoms with Crippen LogP contribution in [0.5, 0.6) is 0 Å². The molecule has 2 aromatic rings. The van der Waals surface area contributed by atoms with Gasteiger partial charge >= 0.3 is 0 Å². The summed E-state index contributed by atoms with van der Waals surface area (Å²) in [6.07, 6.45) is 1.58. The van der Waals surface area contributed by atoms with Crippen LogP contribution in [-0.2, 0) is 14.8 Å². The van der Waals surface area contributed by atoms with Gasteiger partial charge in [0.15, 0.2) is 4.75 Å². The third-order valence-electron chi connectivity index (χ3n) is 3.46. The number of hydrogen-bond acceptors (Lipinski definition) is 4. The predicted molar refractivity (Wildman–Crippen MR) is 79.9 cm³/mol. The van der Waals surface area contributed by atoms with E-state index in [1.807, 2.05) is 12.1 Å². The molecule has 1 aliphatic rings. The van der Waals surface area contributed by atoms with Crippen molar-refractivity contribution in [3.8, 4) is 0 Å². The van der Waals surface area contributed by atoms with E-state index in [0.717, 1.165) is 14.2 Å². The number of amides is 1. The van der Waals surface area contributed by atoms with Crippen molar-refractivity contribution in [3.05, 3.63) is 34.9 Å². The first-order valence-corrected chi connectivity index (χ1v) is 8.14. The van der Waals surface area contributed by atoms with Gasteiger partial charge in [0.25, 0.3) is 15.9 Å². The number of benzene rings is 1. The molecule has 2 heterocycles. The molecule has 1 fully saturated rings. The fourth-order valence-electron chi connectivity index (χ4n) is 2.17. The summed E-state index contributed by atoms with van der Waals surface area (Å²) in [7, 11) is -3.67. The van der Waals surface area contributed by atoms with Crippen LogP contribution in [0.25, 0.3) is 10.9 Å². The molecule has 0 aliphatic carbocycles. The Bertz CT molecular complexity index is 846. The van der Waals surface area contributed by atoms with E-state index in [9.17, 15) is 13.2 Å². The Hall–Kier alpha value is -1.47. The average Bonchev–Trinajstić information content (AvgIpc) is 2.38. The highest BCUT2D eigenvalue weighted by atomic mass is 79.9. The van der Waals surface area contributed by atoms with Crippen LogP contribution in [-0.4, -0.2) is 24.1 Å². The topological polar surface area (TPSA) is 67.3 Å². The monoisotopic (exact) mass is 354 g/mol. The quantitative estimate of drug-likeness (QED) is 0.788. The van der Waals surface area contributed by atoms with E-state index in [2.05, 4.69) is 20.9 Å². The summed E-state index contributed by atoms with van der Waals surface area (Å²) >= 11 is 3.32. The van der Waals surface area contributed by atoms with Crippen molar-refractivity contribution in [2.45, 2.75) is 18.6 Å². The van der Waals surface area contributed by atoms with Gasteiger partial charge in [-0.25, -0.2) is 12.7 Å². The van der Waals surface area contributed by atoms with Crippen molar-refractivity contribution in [2.75, 3.05) is 4.31 Å². The van der Waals surface area contributed by atoms with Gasteiger partial charge in [-0.2, -0.15) is 0 Å². The van der Waals surface area contributed by atoms with Crippen LogP contribution in [0.2, 0.25) is 0 Å². The number of anilines is 1. The lowest BCUT2D eigenvalue weighted by Crippen LogP contribution is -2.67. The van der Waals surface area contributed by atoms with Gasteiger partial charge in [-0.05, 0) is 41.9 Å². The van der Waals surface area contributed by atoms with Crippen LogP contribution in [0.15, 0.2) is 34.9 Å². The second-order valence-electron chi connectivity index (χ2n) is 5.09. The van der Waals surface area contributed by atoms with E-state index in [4.69, 9.17) is 0 Å². The lowest BCUT2D eigenvalue weighted by Gasteiger charge is -2.42. The third kappa shape index (κ3) is 1.56. The molecule has 0 bridgehead atoms. The Kier molecular flexibility index (Phi) is 2.71. The van der Waals surface area contributed by atoms with Gasteiger partial charge in [-0.3, -0.25) is 9.78 Å². The second kappa shape index (κ2) is 4.02. The number of nitrogens with zero attached hydrogens (tertiary/aromatic N) is 2. The second-order valence-corrected chi connectivity index (χ2v) is 8.34. The highest BCUT2D eigenvalue weighted by Crippen LogP contribution is 2.41. The maximum absolute atomic E-state index is 12.3. The lowest BCUT2D eigenvalue weighted by molar-refractivity contribution is -0.120. The summed E-state index contributed by atoms with van der Waals surface area (Å²) in [4.78, 5) is 16.3. The number of aromatic nitrogens is 1. The zero-order chi connectivity index (χ0) is 14.7. The molecular weight excluding hydrogens is 344 g/mol. The number of halogens is 1. The Morgan fingerprint density at radius 3 is 2.65 bits per heavy atom. The van der Waals surface area contributed by atoms with Crippen molar-refractivity contribution in [3.63, 3.8) is 0 Å². The predicted octanol–water partition coefficient (Wildman–Crippen LogP) is 2.45. The van der Waals surface area contributed by atoms with Crippen molar-refractivity contribution < 1.29 is 13.2 Å². The number of carbonyl (C=O) groups is 1. The van der Waals surface area contributed by atoms with Crippen LogP contribution in [0, 0.1) is 0 Å². The summed E-state index contributed by atoms with van der Waals surface area (Å²) in [5.74, 6) is -0.435. The number of para-hydroxylation sites is 1. The SMILES string of the molecule is CC1(C)C(=O)N(c2cccc3cc(Br)cnc23)S1(=O)=O. The van der Waals surface area contributed by atoms with E-state index in [-0.39, 0.29) is 0 Å². The van der Waals surface area contributed by atoms with Gasteiger partial charge < -0.3 is 0 Å². The zero-order valence-electron chi connectivity index (χ0n) is 10.8. The summed E-state index contributed by atoms with van der Waals surface area (Å²) in [6.45, 7) is 2.83. The number of hydrogen-bond donors (Lipinski definition) is 0. The number of rotatable bonds is 1. The van der Waals surface area contributed by atoms with Crippen molar-refractivity contribution in [1.29, 1.82) is 0 Å². The van der Waals surface area contributed by atoms with Gasteiger partial charge in [-0.15, -0.1) is 0 Å². The molecule has 1 saturated heterocycles. The van der Waals surface area contributed by atoms with E-state index in [1.54, 1.807) is 18.3 Å². The zero-order valence-corrected chi connectivity index (χ0v) is 13.2. The standard InChI is InChI=1S/C13H11BrN2O3S/c1-13(2)12(17)16(20(13,18)19)10-5-3-4-8-6-9(14)7-15-11(8)10/h3-7H,1-2H3. The number of sulfonamides is 1. The van der Waals surface area contributed by atoms with Gasteiger partial charge in [0, 0.05) is 16.1 Å². The van der Waals surface area contributed by atoms with Crippen LogP contribution in [0.3, 0.4) is 0 Å². The number of fused-ring (bicyclic) bond motifs is 1. The minimum atomic E-state index is -3.67. The van der Waals surface area contributed by atoms with E-state index < -0.39 is 20.7 Å². The molecule has 5 nitrogen and oxygen atoms in total. The normalized spacial score (nSPS) is 19.9. The Morgan fingerprint density at radius 2 is 2.00 bits per heavy atom. The van der Waals surface area contributed by atoms with Crippen LogP contribution in [0.1, 0.15) is 13.8 Å². The molecule has 1 aromatic heterocycles. The first kappa shape index (κ1) is 13.5. The van der Waals surface area contributed by atoms with Crippen molar-refractivity contribution >= 4 is 48.5 Å². The molecule has 1 aliphatic heterocycles. The van der Waals surface area contributed by atoms with Crippen LogP contribution >= 0.6 is 15.9 Å². The van der Waals surface area contributed by atoms with Gasteiger partial charge in [0.1, 0.15) is 0 Å². The Morgan fingerprint density at radius 1 is 1.30 bits per heavy atom. The fourth-order valence-corrected chi connectivity index (χ4v) is 4.01. The Labute approximate surface area is 124 Å². The van der Waals surface area contributed by atoms with E-state index in [0.29, 0.717) is 11.2 Å². The minimum Gasteiger partial charge on any atom is -0.272 e. The van der Waals surface area contributed by atoms with Gasteiger partial charge in [-0.1, -0.05) is 12.1 Å². The summed E-state index contributed by atoms with van der Waals surface area (Å²) in [5.41, 5.74) is 0.794. The molecule has 0 N–H and O–H groups in total. The number of carbonyl (C=O) groups excluding carboxylic acids is 1. The molecule has 20 heavy (non-hydrogen) atoms. The average molecular weight is 355 g/mol. The first-order valence-electron chi connectivity index (χ1n) is 5.90. The molecule has 1 aromatic carbocycles. The molecule has 0 unspecified atom stereocenters. The Balaban J connectivity index is 2.25. The fraction of sp³-hybridized carbons (Fsp3) is 0.231. The molecule has 0 saturated carbocycles. The van der Waals surface area contributed by atoms with Crippen LogP contribution in [0.4, 0.5) is 5.69 Å². The maximum atomic E-state index is 12.3. The van der Waals surface area contributed by atoms with E-state index >= 15 is 0 Å². The highest BCUT2D eigenvalue weighted by molar-refractivity contribution is 9.10. The molecule has 0 spiro atoms.